The molecular formula is C13H11F2N3S. The van der Waals surface area contributed by atoms with Gasteiger partial charge < -0.3 is 5.73 Å². The first-order valence-electron chi connectivity index (χ1n) is 5.44. The van der Waals surface area contributed by atoms with Crippen molar-refractivity contribution in [2.24, 2.45) is 5.73 Å². The van der Waals surface area contributed by atoms with Gasteiger partial charge in [-0.25, -0.2) is 8.78 Å². The van der Waals surface area contributed by atoms with E-state index in [1.54, 1.807) is 18.3 Å². The van der Waals surface area contributed by atoms with E-state index in [2.05, 4.69) is 4.98 Å². The van der Waals surface area contributed by atoms with Gasteiger partial charge in [-0.15, -0.1) is 11.8 Å². The summed E-state index contributed by atoms with van der Waals surface area (Å²) >= 11 is 1.33. The summed E-state index contributed by atoms with van der Waals surface area (Å²) in [7, 11) is 0. The second-order valence-electron chi connectivity index (χ2n) is 3.79. The molecule has 19 heavy (non-hydrogen) atoms. The third-order valence-electron chi connectivity index (χ3n) is 2.43. The lowest BCUT2D eigenvalue weighted by Crippen LogP contribution is -2.15. The molecule has 0 saturated heterocycles. The fraction of sp³-hybridized carbons (Fsp3) is 0.0769. The smallest absolute Gasteiger partial charge is 0.159 e. The average molecular weight is 279 g/mol. The van der Waals surface area contributed by atoms with Crippen LogP contribution in [0.15, 0.2) is 41.4 Å². The zero-order valence-electron chi connectivity index (χ0n) is 9.86. The molecule has 0 amide bonds. The van der Waals surface area contributed by atoms with Gasteiger partial charge in [-0.3, -0.25) is 10.4 Å². The maximum atomic E-state index is 13.1. The van der Waals surface area contributed by atoms with Crippen molar-refractivity contribution >= 4 is 17.6 Å². The zero-order valence-corrected chi connectivity index (χ0v) is 10.7. The summed E-state index contributed by atoms with van der Waals surface area (Å²) in [4.78, 5) is 4.63. The van der Waals surface area contributed by atoms with Gasteiger partial charge >= 0.3 is 0 Å². The Labute approximate surface area is 113 Å². The number of nitrogens with zero attached hydrogens (tertiary/aromatic N) is 1. The molecule has 0 bridgehead atoms. The molecule has 1 aromatic carbocycles. The number of benzene rings is 1. The minimum Gasteiger partial charge on any atom is -0.382 e. The van der Waals surface area contributed by atoms with Gasteiger partial charge in [-0.05, 0) is 29.8 Å². The number of hydrogen-bond acceptors (Lipinski definition) is 3. The summed E-state index contributed by atoms with van der Waals surface area (Å²) in [5, 5.41) is 7.42. The highest BCUT2D eigenvalue weighted by Crippen LogP contribution is 2.25. The van der Waals surface area contributed by atoms with E-state index in [4.69, 9.17) is 11.1 Å². The zero-order chi connectivity index (χ0) is 13.8. The second-order valence-corrected chi connectivity index (χ2v) is 4.84. The molecule has 6 heteroatoms. The van der Waals surface area contributed by atoms with E-state index in [1.807, 2.05) is 0 Å². The van der Waals surface area contributed by atoms with E-state index in [9.17, 15) is 8.78 Å². The minimum atomic E-state index is -0.872. The van der Waals surface area contributed by atoms with Crippen LogP contribution in [0.4, 0.5) is 8.78 Å². The fourth-order valence-electron chi connectivity index (χ4n) is 1.53. The molecule has 2 rings (SSSR count). The van der Waals surface area contributed by atoms with E-state index >= 15 is 0 Å². The predicted molar refractivity (Wildman–Crippen MR) is 71.2 cm³/mol. The molecular weight excluding hydrogens is 268 g/mol. The van der Waals surface area contributed by atoms with Crippen LogP contribution in [0.3, 0.4) is 0 Å². The molecule has 0 spiro atoms. The van der Waals surface area contributed by atoms with Crippen molar-refractivity contribution in [3.05, 3.63) is 59.4 Å². The van der Waals surface area contributed by atoms with Crippen molar-refractivity contribution < 1.29 is 8.78 Å². The Hall–Kier alpha value is -1.95. The molecule has 3 N–H and O–H groups in total. The number of nitrogens with one attached hydrogen (secondary N) is 1. The van der Waals surface area contributed by atoms with Crippen LogP contribution in [-0.2, 0) is 5.75 Å². The van der Waals surface area contributed by atoms with Gasteiger partial charge in [0.2, 0.25) is 0 Å². The topological polar surface area (TPSA) is 62.8 Å². The first-order valence-corrected chi connectivity index (χ1v) is 6.42. The van der Waals surface area contributed by atoms with Crippen LogP contribution in [0, 0.1) is 17.0 Å². The number of amidine groups is 1. The van der Waals surface area contributed by atoms with Gasteiger partial charge in [-0.2, -0.15) is 0 Å². The van der Waals surface area contributed by atoms with E-state index < -0.39 is 11.6 Å². The molecule has 0 aliphatic heterocycles. The first-order chi connectivity index (χ1) is 9.08. The molecule has 1 aromatic heterocycles. The number of rotatable bonds is 4. The standard InChI is InChI=1S/C13H11F2N3S/c14-10-4-3-9(6-11(10)15)19-7-8-2-1-5-18-12(8)13(16)17/h1-6H,7H2,(H3,16,17). The van der Waals surface area contributed by atoms with Crippen LogP contribution in [-0.4, -0.2) is 10.8 Å². The highest BCUT2D eigenvalue weighted by atomic mass is 32.2. The maximum absolute atomic E-state index is 13.1. The lowest BCUT2D eigenvalue weighted by atomic mass is 10.2. The summed E-state index contributed by atoms with van der Waals surface area (Å²) in [6, 6.07) is 7.29. The predicted octanol–water partition coefficient (Wildman–Crippen LogP) is 2.94. The Balaban J connectivity index is 2.14. The van der Waals surface area contributed by atoms with Crippen molar-refractivity contribution in [3.63, 3.8) is 0 Å². The first kappa shape index (κ1) is 13.5. The van der Waals surface area contributed by atoms with Crippen LogP contribution >= 0.6 is 11.8 Å². The van der Waals surface area contributed by atoms with Crippen LogP contribution in [0.5, 0.6) is 0 Å². The fourth-order valence-corrected chi connectivity index (χ4v) is 2.43. The number of nitrogens with two attached hydrogens (primary N) is 1. The van der Waals surface area contributed by atoms with E-state index in [0.29, 0.717) is 16.3 Å². The Kier molecular flexibility index (Phi) is 4.11. The SMILES string of the molecule is N=C(N)c1ncccc1CSc1ccc(F)c(F)c1. The van der Waals surface area contributed by atoms with Crippen molar-refractivity contribution in [2.75, 3.05) is 0 Å². The molecule has 1 heterocycles. The summed E-state index contributed by atoms with van der Waals surface area (Å²) in [5.41, 5.74) is 6.63. The highest BCUT2D eigenvalue weighted by molar-refractivity contribution is 7.98. The lowest BCUT2D eigenvalue weighted by Gasteiger charge is -2.07. The largest absolute Gasteiger partial charge is 0.382 e. The van der Waals surface area contributed by atoms with Gasteiger partial charge in [0, 0.05) is 16.8 Å². The monoisotopic (exact) mass is 279 g/mol. The van der Waals surface area contributed by atoms with Crippen LogP contribution in [0.2, 0.25) is 0 Å². The molecule has 98 valence electrons. The molecule has 0 aliphatic rings. The van der Waals surface area contributed by atoms with Gasteiger partial charge in [-0.1, -0.05) is 6.07 Å². The van der Waals surface area contributed by atoms with Crippen molar-refractivity contribution in [1.29, 1.82) is 5.41 Å². The van der Waals surface area contributed by atoms with Gasteiger partial charge in [0.1, 0.15) is 11.5 Å². The molecule has 0 saturated carbocycles. The molecule has 0 aliphatic carbocycles. The third kappa shape index (κ3) is 3.29. The normalized spacial score (nSPS) is 10.4. The third-order valence-corrected chi connectivity index (χ3v) is 3.47. The molecule has 0 radical (unpaired) electrons. The second kappa shape index (κ2) is 5.79. The average Bonchev–Trinajstić information content (AvgIpc) is 2.40. The lowest BCUT2D eigenvalue weighted by molar-refractivity contribution is 0.506. The molecule has 0 unspecified atom stereocenters. The Bertz CT molecular complexity index is 617. The number of nitrogen functional groups attached to an aromatic ring is 1. The molecule has 0 atom stereocenters. The highest BCUT2D eigenvalue weighted by Gasteiger charge is 2.08. The summed E-state index contributed by atoms with van der Waals surface area (Å²) < 4.78 is 25.9. The van der Waals surface area contributed by atoms with Crippen molar-refractivity contribution in [2.45, 2.75) is 10.6 Å². The van der Waals surface area contributed by atoms with Gasteiger partial charge in [0.05, 0.1) is 0 Å². The Morgan fingerprint density at radius 2 is 2.05 bits per heavy atom. The summed E-state index contributed by atoms with van der Waals surface area (Å²) in [6.07, 6.45) is 1.56. The minimum absolute atomic E-state index is 0.110. The van der Waals surface area contributed by atoms with Crippen molar-refractivity contribution in [1.82, 2.24) is 4.98 Å². The van der Waals surface area contributed by atoms with Crippen LogP contribution in [0.25, 0.3) is 0 Å². The molecule has 2 aromatic rings. The summed E-state index contributed by atoms with van der Waals surface area (Å²) in [6.45, 7) is 0. The van der Waals surface area contributed by atoms with Crippen LogP contribution in [0.1, 0.15) is 11.3 Å². The van der Waals surface area contributed by atoms with E-state index in [0.717, 1.165) is 17.7 Å². The number of aromatic nitrogens is 1. The van der Waals surface area contributed by atoms with E-state index in [1.165, 1.54) is 17.8 Å². The molecule has 3 nitrogen and oxygen atoms in total. The van der Waals surface area contributed by atoms with Crippen molar-refractivity contribution in [3.8, 4) is 0 Å². The number of pyridine rings is 1. The van der Waals surface area contributed by atoms with Gasteiger partial charge in [0.25, 0.3) is 0 Å². The number of halogens is 2. The Morgan fingerprint density at radius 1 is 1.26 bits per heavy atom. The van der Waals surface area contributed by atoms with E-state index in [-0.39, 0.29) is 5.84 Å². The number of hydrogen-bond donors (Lipinski definition) is 2. The maximum Gasteiger partial charge on any atom is 0.159 e. The Morgan fingerprint density at radius 3 is 2.74 bits per heavy atom. The number of thioether (sulfide) groups is 1. The van der Waals surface area contributed by atoms with Gasteiger partial charge in [0.15, 0.2) is 11.6 Å². The quantitative estimate of drug-likeness (QED) is 0.514. The summed E-state index contributed by atoms with van der Waals surface area (Å²) in [5.74, 6) is -1.37. The van der Waals surface area contributed by atoms with Crippen LogP contribution < -0.4 is 5.73 Å². The molecule has 0 fully saturated rings.